The highest BCUT2D eigenvalue weighted by Gasteiger charge is 2.15. The number of rotatable bonds is 4. The largest absolute Gasteiger partial charge is 0.444 e. The lowest BCUT2D eigenvalue weighted by Crippen LogP contribution is -2.34. The van der Waals surface area contributed by atoms with Crippen LogP contribution in [0.3, 0.4) is 0 Å². The number of terminal acetylenes is 1. The Bertz CT molecular complexity index is 453. The molecule has 0 saturated carbocycles. The predicted octanol–water partition coefficient (Wildman–Crippen LogP) is 2.60. The minimum atomic E-state index is -0.470. The zero-order valence-corrected chi connectivity index (χ0v) is 11.6. The molecule has 1 aromatic carbocycles. The third kappa shape index (κ3) is 6.37. The summed E-state index contributed by atoms with van der Waals surface area (Å²) in [5.41, 5.74) is 1.34. The van der Waals surface area contributed by atoms with Crippen molar-refractivity contribution in [3.8, 4) is 12.3 Å². The summed E-state index contributed by atoms with van der Waals surface area (Å²) in [4.78, 5) is 11.4. The Morgan fingerprint density at radius 1 is 1.26 bits per heavy atom. The van der Waals surface area contributed by atoms with E-state index >= 15 is 0 Å². The van der Waals surface area contributed by atoms with Gasteiger partial charge in [-0.25, -0.2) is 4.79 Å². The third-order valence-electron chi connectivity index (χ3n) is 2.17. The minimum Gasteiger partial charge on any atom is -0.444 e. The van der Waals surface area contributed by atoms with E-state index < -0.39 is 11.7 Å². The molecule has 0 aromatic heterocycles. The van der Waals surface area contributed by atoms with Crippen molar-refractivity contribution >= 4 is 11.8 Å². The molecule has 102 valence electrons. The van der Waals surface area contributed by atoms with Crippen LogP contribution in [0.25, 0.3) is 0 Å². The molecule has 0 heterocycles. The topological polar surface area (TPSA) is 50.4 Å². The molecule has 0 aliphatic carbocycles. The van der Waals surface area contributed by atoms with Crippen molar-refractivity contribution in [1.82, 2.24) is 5.32 Å². The molecule has 2 N–H and O–H groups in total. The number of hydrogen-bond donors (Lipinski definition) is 2. The maximum absolute atomic E-state index is 11.4. The molecule has 0 spiro atoms. The SMILES string of the molecule is C#Cc1ccc(NCCNC(=O)OC(C)(C)C)cc1. The maximum atomic E-state index is 11.4. The van der Waals surface area contributed by atoms with Gasteiger partial charge in [0.1, 0.15) is 5.60 Å². The fraction of sp³-hybridized carbons (Fsp3) is 0.400. The molecule has 1 rings (SSSR count). The van der Waals surface area contributed by atoms with Crippen molar-refractivity contribution in [3.05, 3.63) is 29.8 Å². The average molecular weight is 260 g/mol. The maximum Gasteiger partial charge on any atom is 0.407 e. The van der Waals surface area contributed by atoms with Crippen LogP contribution in [0.4, 0.5) is 10.5 Å². The van der Waals surface area contributed by atoms with Crippen LogP contribution in [0, 0.1) is 12.3 Å². The van der Waals surface area contributed by atoms with Gasteiger partial charge in [-0.3, -0.25) is 0 Å². The first-order valence-corrected chi connectivity index (χ1v) is 6.18. The Morgan fingerprint density at radius 3 is 2.42 bits per heavy atom. The zero-order valence-electron chi connectivity index (χ0n) is 11.6. The van der Waals surface area contributed by atoms with E-state index in [2.05, 4.69) is 16.6 Å². The Kier molecular flexibility index (Phi) is 5.25. The summed E-state index contributed by atoms with van der Waals surface area (Å²) < 4.78 is 5.12. The molecule has 0 fully saturated rings. The van der Waals surface area contributed by atoms with E-state index in [0.717, 1.165) is 11.3 Å². The summed E-state index contributed by atoms with van der Waals surface area (Å²) in [5, 5.41) is 5.85. The summed E-state index contributed by atoms with van der Waals surface area (Å²) in [6.45, 7) is 6.61. The number of hydrogen-bond acceptors (Lipinski definition) is 3. The summed E-state index contributed by atoms with van der Waals surface area (Å²) in [7, 11) is 0. The molecule has 4 nitrogen and oxygen atoms in total. The normalized spacial score (nSPS) is 10.4. The summed E-state index contributed by atoms with van der Waals surface area (Å²) in [5.74, 6) is 2.56. The number of carbonyl (C=O) groups excluding carboxylic acids is 1. The summed E-state index contributed by atoms with van der Waals surface area (Å²) >= 11 is 0. The van der Waals surface area contributed by atoms with E-state index in [1.54, 1.807) is 0 Å². The Balaban J connectivity index is 2.24. The fourth-order valence-electron chi connectivity index (χ4n) is 1.37. The highest BCUT2D eigenvalue weighted by Crippen LogP contribution is 2.08. The van der Waals surface area contributed by atoms with E-state index in [1.165, 1.54) is 0 Å². The first-order valence-electron chi connectivity index (χ1n) is 6.18. The van der Waals surface area contributed by atoms with Crippen LogP contribution < -0.4 is 10.6 Å². The van der Waals surface area contributed by atoms with Crippen LogP contribution in [0.15, 0.2) is 24.3 Å². The molecular formula is C15H20N2O2. The highest BCUT2D eigenvalue weighted by atomic mass is 16.6. The van der Waals surface area contributed by atoms with Crippen LogP contribution in [-0.4, -0.2) is 24.8 Å². The standard InChI is InChI=1S/C15H20N2O2/c1-5-12-6-8-13(9-7-12)16-10-11-17-14(18)19-15(2,3)4/h1,6-9,16H,10-11H2,2-4H3,(H,17,18). The number of anilines is 1. The minimum absolute atomic E-state index is 0.406. The molecule has 0 saturated heterocycles. The number of alkyl carbamates (subject to hydrolysis) is 1. The number of ether oxygens (including phenoxy) is 1. The second-order valence-electron chi connectivity index (χ2n) is 5.08. The van der Waals surface area contributed by atoms with Crippen LogP contribution in [0.5, 0.6) is 0 Å². The monoisotopic (exact) mass is 260 g/mol. The molecule has 0 radical (unpaired) electrons. The second-order valence-corrected chi connectivity index (χ2v) is 5.08. The van der Waals surface area contributed by atoms with Crippen LogP contribution in [0.2, 0.25) is 0 Å². The second kappa shape index (κ2) is 6.69. The Morgan fingerprint density at radius 2 is 1.89 bits per heavy atom. The van der Waals surface area contributed by atoms with Crippen molar-refractivity contribution in [2.75, 3.05) is 18.4 Å². The molecular weight excluding hydrogens is 240 g/mol. The van der Waals surface area contributed by atoms with Crippen LogP contribution in [-0.2, 0) is 4.74 Å². The van der Waals surface area contributed by atoms with Crippen molar-refractivity contribution in [1.29, 1.82) is 0 Å². The fourth-order valence-corrected chi connectivity index (χ4v) is 1.37. The number of benzene rings is 1. The van der Waals surface area contributed by atoms with Crippen LogP contribution in [0.1, 0.15) is 26.3 Å². The van der Waals surface area contributed by atoms with Gasteiger partial charge in [0.05, 0.1) is 0 Å². The summed E-state index contributed by atoms with van der Waals surface area (Å²) in [6, 6.07) is 7.54. The third-order valence-corrected chi connectivity index (χ3v) is 2.17. The number of amides is 1. The van der Waals surface area contributed by atoms with E-state index in [4.69, 9.17) is 11.2 Å². The number of carbonyl (C=O) groups is 1. The lowest BCUT2D eigenvalue weighted by molar-refractivity contribution is 0.0530. The first-order chi connectivity index (χ1) is 8.90. The lowest BCUT2D eigenvalue weighted by Gasteiger charge is -2.19. The van der Waals surface area contributed by atoms with Crippen molar-refractivity contribution in [3.63, 3.8) is 0 Å². The van der Waals surface area contributed by atoms with Gasteiger partial charge in [0.25, 0.3) is 0 Å². The van der Waals surface area contributed by atoms with Crippen molar-refractivity contribution in [2.45, 2.75) is 26.4 Å². The molecule has 0 unspecified atom stereocenters. The smallest absolute Gasteiger partial charge is 0.407 e. The van der Waals surface area contributed by atoms with Gasteiger partial charge >= 0.3 is 6.09 Å². The zero-order chi connectivity index (χ0) is 14.3. The van der Waals surface area contributed by atoms with Gasteiger partial charge in [-0.15, -0.1) is 6.42 Å². The predicted molar refractivity (Wildman–Crippen MR) is 77.1 cm³/mol. The Hall–Kier alpha value is -2.15. The van der Waals surface area contributed by atoms with E-state index in [-0.39, 0.29) is 0 Å². The van der Waals surface area contributed by atoms with Gasteiger partial charge in [0, 0.05) is 24.3 Å². The van der Waals surface area contributed by atoms with Gasteiger partial charge < -0.3 is 15.4 Å². The molecule has 1 amide bonds. The molecule has 0 aliphatic rings. The van der Waals surface area contributed by atoms with E-state index in [1.807, 2.05) is 45.0 Å². The Labute approximate surface area is 114 Å². The first kappa shape index (κ1) is 14.9. The molecule has 0 aliphatic heterocycles. The number of nitrogens with one attached hydrogen (secondary N) is 2. The van der Waals surface area contributed by atoms with Crippen molar-refractivity contribution in [2.24, 2.45) is 0 Å². The molecule has 1 aromatic rings. The summed E-state index contributed by atoms with van der Waals surface area (Å²) in [6.07, 6.45) is 4.87. The molecule has 19 heavy (non-hydrogen) atoms. The average Bonchev–Trinajstić information content (AvgIpc) is 2.33. The van der Waals surface area contributed by atoms with E-state index in [0.29, 0.717) is 13.1 Å². The molecule has 0 atom stereocenters. The van der Waals surface area contributed by atoms with Gasteiger partial charge in [-0.1, -0.05) is 5.92 Å². The van der Waals surface area contributed by atoms with E-state index in [9.17, 15) is 4.79 Å². The van der Waals surface area contributed by atoms with Crippen LogP contribution >= 0.6 is 0 Å². The quantitative estimate of drug-likeness (QED) is 0.646. The highest BCUT2D eigenvalue weighted by molar-refractivity contribution is 5.67. The van der Waals surface area contributed by atoms with Gasteiger partial charge in [0.2, 0.25) is 0 Å². The molecule has 4 heteroatoms. The lowest BCUT2D eigenvalue weighted by atomic mass is 10.2. The molecule has 0 bridgehead atoms. The van der Waals surface area contributed by atoms with Gasteiger partial charge in [-0.05, 0) is 45.0 Å². The van der Waals surface area contributed by atoms with Crippen molar-refractivity contribution < 1.29 is 9.53 Å². The van der Waals surface area contributed by atoms with Gasteiger partial charge in [0.15, 0.2) is 0 Å². The van der Waals surface area contributed by atoms with Gasteiger partial charge in [-0.2, -0.15) is 0 Å².